The number of amides is 1. The second kappa shape index (κ2) is 5.80. The molecule has 2 fully saturated rings. The third kappa shape index (κ3) is 2.71. The summed E-state index contributed by atoms with van der Waals surface area (Å²) in [6.45, 7) is 4.08. The van der Waals surface area contributed by atoms with Gasteiger partial charge in [0.15, 0.2) is 0 Å². The lowest BCUT2D eigenvalue weighted by molar-refractivity contribution is -0.125. The van der Waals surface area contributed by atoms with Crippen LogP contribution >= 0.6 is 0 Å². The highest BCUT2D eigenvalue weighted by molar-refractivity contribution is 5.87. The highest BCUT2D eigenvalue weighted by Crippen LogP contribution is 2.37. The Morgan fingerprint density at radius 3 is 2.24 bits per heavy atom. The topological polar surface area (TPSA) is 46.3 Å². The van der Waals surface area contributed by atoms with Gasteiger partial charge in [0.25, 0.3) is 0 Å². The van der Waals surface area contributed by atoms with Crippen LogP contribution < -0.4 is 5.73 Å². The molecule has 2 N–H and O–H groups in total. The monoisotopic (exact) mass is 286 g/mol. The summed E-state index contributed by atoms with van der Waals surface area (Å²) in [5.41, 5.74) is 7.69. The van der Waals surface area contributed by atoms with Gasteiger partial charge in [-0.25, -0.2) is 0 Å². The molecule has 0 radical (unpaired) electrons. The van der Waals surface area contributed by atoms with Crippen molar-refractivity contribution in [2.75, 3.05) is 13.1 Å². The molecule has 2 aliphatic rings. The van der Waals surface area contributed by atoms with Crippen molar-refractivity contribution in [3.05, 3.63) is 35.4 Å². The van der Waals surface area contributed by atoms with Crippen molar-refractivity contribution in [2.24, 2.45) is 5.73 Å². The first-order chi connectivity index (χ1) is 10.1. The quantitative estimate of drug-likeness (QED) is 0.928. The van der Waals surface area contributed by atoms with Crippen LogP contribution in [0.4, 0.5) is 0 Å². The number of aryl methyl sites for hydroxylation is 1. The van der Waals surface area contributed by atoms with Crippen molar-refractivity contribution in [2.45, 2.75) is 56.9 Å². The highest BCUT2D eigenvalue weighted by Gasteiger charge is 2.42. The van der Waals surface area contributed by atoms with Crippen LogP contribution in [0.1, 0.15) is 49.7 Å². The number of piperidine rings is 1. The average Bonchev–Trinajstić information content (AvgIpc) is 3.02. The molecule has 3 rings (SSSR count). The van der Waals surface area contributed by atoms with Crippen LogP contribution in [0.2, 0.25) is 0 Å². The van der Waals surface area contributed by atoms with E-state index in [1.165, 1.54) is 31.2 Å². The molecule has 1 amide bonds. The fraction of sp³-hybridized carbons (Fsp3) is 0.611. The van der Waals surface area contributed by atoms with Gasteiger partial charge in [-0.05, 0) is 51.3 Å². The first-order valence-electron chi connectivity index (χ1n) is 8.23. The lowest BCUT2D eigenvalue weighted by Crippen LogP contribution is -2.52. The number of carbonyl (C=O) groups is 1. The summed E-state index contributed by atoms with van der Waals surface area (Å²) in [6, 6.07) is 9.09. The minimum Gasteiger partial charge on any atom is -0.369 e. The number of likely N-dealkylation sites (tertiary alicyclic amines) is 1. The second-order valence-corrected chi connectivity index (χ2v) is 6.79. The van der Waals surface area contributed by atoms with E-state index in [4.69, 9.17) is 5.73 Å². The Balaban J connectivity index is 1.77. The highest BCUT2D eigenvalue weighted by atomic mass is 16.1. The van der Waals surface area contributed by atoms with E-state index in [2.05, 4.69) is 36.1 Å². The van der Waals surface area contributed by atoms with Crippen LogP contribution in [0.3, 0.4) is 0 Å². The van der Waals surface area contributed by atoms with Gasteiger partial charge < -0.3 is 10.6 Å². The third-order valence-corrected chi connectivity index (χ3v) is 5.57. The van der Waals surface area contributed by atoms with Gasteiger partial charge in [0.2, 0.25) is 5.91 Å². The van der Waals surface area contributed by atoms with Gasteiger partial charge in [0.05, 0.1) is 5.41 Å². The van der Waals surface area contributed by atoms with E-state index in [1.54, 1.807) is 0 Å². The Labute approximate surface area is 127 Å². The summed E-state index contributed by atoms with van der Waals surface area (Å²) in [6.07, 6.45) is 7.10. The Hall–Kier alpha value is -1.35. The van der Waals surface area contributed by atoms with E-state index >= 15 is 0 Å². The number of rotatable bonds is 3. The van der Waals surface area contributed by atoms with Crippen LogP contribution in [0.5, 0.6) is 0 Å². The first-order valence-corrected chi connectivity index (χ1v) is 8.23. The normalized spacial score (nSPS) is 23.3. The fourth-order valence-corrected chi connectivity index (χ4v) is 4.09. The summed E-state index contributed by atoms with van der Waals surface area (Å²) < 4.78 is 0. The van der Waals surface area contributed by atoms with Gasteiger partial charge >= 0.3 is 0 Å². The van der Waals surface area contributed by atoms with Crippen LogP contribution in [-0.2, 0) is 10.2 Å². The molecule has 114 valence electrons. The summed E-state index contributed by atoms with van der Waals surface area (Å²) in [5.74, 6) is -0.155. The van der Waals surface area contributed by atoms with Gasteiger partial charge in [0, 0.05) is 6.04 Å². The van der Waals surface area contributed by atoms with E-state index in [0.29, 0.717) is 0 Å². The Morgan fingerprint density at radius 2 is 1.71 bits per heavy atom. The Morgan fingerprint density at radius 1 is 1.14 bits per heavy atom. The maximum atomic E-state index is 12.2. The lowest BCUT2D eigenvalue weighted by atomic mass is 9.72. The predicted octanol–water partition coefficient (Wildman–Crippen LogP) is 2.76. The van der Waals surface area contributed by atoms with E-state index in [9.17, 15) is 4.79 Å². The molecule has 3 heteroatoms. The smallest absolute Gasteiger partial charge is 0.228 e. The number of hydrogen-bond donors (Lipinski definition) is 1. The molecule has 1 aromatic rings. The summed E-state index contributed by atoms with van der Waals surface area (Å²) in [5, 5.41) is 0. The van der Waals surface area contributed by atoms with E-state index in [0.717, 1.165) is 37.5 Å². The summed E-state index contributed by atoms with van der Waals surface area (Å²) >= 11 is 0. The molecule has 3 nitrogen and oxygen atoms in total. The lowest BCUT2D eigenvalue weighted by Gasteiger charge is -2.42. The number of carbonyl (C=O) groups excluding carboxylic acids is 1. The van der Waals surface area contributed by atoms with Crippen LogP contribution in [0.15, 0.2) is 24.3 Å². The molecule has 1 saturated heterocycles. The zero-order chi connectivity index (χ0) is 14.9. The number of nitrogens with two attached hydrogens (primary N) is 1. The van der Waals surface area contributed by atoms with Crippen molar-refractivity contribution in [3.8, 4) is 0 Å². The molecule has 1 aromatic carbocycles. The number of primary amides is 1. The largest absolute Gasteiger partial charge is 0.369 e. The Kier molecular flexibility index (Phi) is 4.03. The molecule has 0 bridgehead atoms. The van der Waals surface area contributed by atoms with Crippen LogP contribution in [-0.4, -0.2) is 29.9 Å². The van der Waals surface area contributed by atoms with Gasteiger partial charge in [-0.2, -0.15) is 0 Å². The fourth-order valence-electron chi connectivity index (χ4n) is 4.09. The van der Waals surface area contributed by atoms with Crippen molar-refractivity contribution in [1.82, 2.24) is 4.90 Å². The second-order valence-electron chi connectivity index (χ2n) is 6.79. The number of nitrogens with zero attached hydrogens (tertiary/aromatic N) is 1. The molecular formula is C18H26N2O. The van der Waals surface area contributed by atoms with E-state index < -0.39 is 5.41 Å². The van der Waals surface area contributed by atoms with E-state index in [1.807, 2.05) is 0 Å². The molecular weight excluding hydrogens is 260 g/mol. The molecule has 1 aliphatic heterocycles. The average molecular weight is 286 g/mol. The molecule has 1 aliphatic carbocycles. The first kappa shape index (κ1) is 14.6. The van der Waals surface area contributed by atoms with Gasteiger partial charge in [-0.15, -0.1) is 0 Å². The maximum Gasteiger partial charge on any atom is 0.228 e. The van der Waals surface area contributed by atoms with Crippen molar-refractivity contribution in [3.63, 3.8) is 0 Å². The number of hydrogen-bond acceptors (Lipinski definition) is 2. The summed E-state index contributed by atoms with van der Waals surface area (Å²) in [7, 11) is 0. The third-order valence-electron chi connectivity index (χ3n) is 5.57. The van der Waals surface area contributed by atoms with Gasteiger partial charge in [0.1, 0.15) is 0 Å². The standard InChI is InChI=1S/C18H26N2O/c1-14-6-8-15(9-7-14)18(17(19)21)10-12-20(13-11-18)16-4-2-3-5-16/h6-9,16H,2-5,10-13H2,1H3,(H2,19,21). The van der Waals surface area contributed by atoms with Crippen molar-refractivity contribution < 1.29 is 4.79 Å². The van der Waals surface area contributed by atoms with Crippen LogP contribution in [0.25, 0.3) is 0 Å². The SMILES string of the molecule is Cc1ccc(C2(C(N)=O)CCN(C3CCCC3)CC2)cc1. The number of benzene rings is 1. The predicted molar refractivity (Wildman–Crippen MR) is 85.1 cm³/mol. The van der Waals surface area contributed by atoms with Crippen molar-refractivity contribution >= 4 is 5.91 Å². The van der Waals surface area contributed by atoms with Gasteiger partial charge in [-0.1, -0.05) is 42.7 Å². The maximum absolute atomic E-state index is 12.2. The molecule has 0 spiro atoms. The zero-order valence-electron chi connectivity index (χ0n) is 13.0. The zero-order valence-corrected chi connectivity index (χ0v) is 13.0. The molecule has 1 saturated carbocycles. The minimum absolute atomic E-state index is 0.155. The molecule has 0 atom stereocenters. The van der Waals surface area contributed by atoms with Crippen molar-refractivity contribution in [1.29, 1.82) is 0 Å². The summed E-state index contributed by atoms with van der Waals surface area (Å²) in [4.78, 5) is 14.8. The van der Waals surface area contributed by atoms with E-state index in [-0.39, 0.29) is 5.91 Å². The Bertz CT molecular complexity index is 494. The van der Waals surface area contributed by atoms with Crippen LogP contribution in [0, 0.1) is 6.92 Å². The van der Waals surface area contributed by atoms with Gasteiger partial charge in [-0.3, -0.25) is 4.79 Å². The molecule has 1 heterocycles. The minimum atomic E-state index is -0.456. The molecule has 0 unspecified atom stereocenters. The molecule has 0 aromatic heterocycles. The molecule has 21 heavy (non-hydrogen) atoms.